The molecule has 82 heavy (non-hydrogen) atoms. The smallest absolute Gasteiger partial charge is 0.462 e. The molecule has 0 heterocycles. The normalized spacial score (nSPS) is 13.9. The molecule has 0 aliphatic rings. The third kappa shape index (κ3) is 61.0. The van der Waals surface area contributed by atoms with Gasteiger partial charge in [-0.15, -0.1) is 0 Å². The number of allylic oxidation sites excluding steroid dienone is 16. The summed E-state index contributed by atoms with van der Waals surface area (Å²) >= 11 is 0. The Labute approximate surface area is 502 Å². The highest BCUT2D eigenvalue weighted by Gasteiger charge is 2.28. The maximum atomic E-state index is 13.0. The van der Waals surface area contributed by atoms with Crippen molar-refractivity contribution < 1.29 is 52.2 Å². The van der Waals surface area contributed by atoms with Crippen LogP contribution in [-0.4, -0.2) is 66.5 Å². The molecule has 0 saturated carbocycles. The molecule has 0 aliphatic carbocycles. The molecule has 0 aromatic heterocycles. The van der Waals surface area contributed by atoms with Crippen LogP contribution in [0.2, 0.25) is 0 Å². The van der Waals surface area contributed by atoms with Crippen LogP contribution in [0.5, 0.6) is 0 Å². The van der Waals surface area contributed by atoms with E-state index in [-0.39, 0.29) is 25.9 Å². The first kappa shape index (κ1) is 78.4. The fourth-order valence-corrected chi connectivity index (χ4v) is 9.79. The molecule has 3 unspecified atom stereocenters. The number of aliphatic hydroxyl groups is 1. The van der Waals surface area contributed by atoms with E-state index in [1.807, 2.05) is 0 Å². The number of phosphoric acid groups is 1. The highest BCUT2D eigenvalue weighted by atomic mass is 31.2. The van der Waals surface area contributed by atoms with Crippen molar-refractivity contribution in [2.45, 2.75) is 303 Å². The molecule has 0 saturated heterocycles. The second kappa shape index (κ2) is 63.4. The highest BCUT2D eigenvalue weighted by molar-refractivity contribution is 7.47. The van der Waals surface area contributed by atoms with E-state index in [1.54, 1.807) is 0 Å². The minimum absolute atomic E-state index is 0.159. The van der Waals surface area contributed by atoms with Crippen molar-refractivity contribution in [3.63, 3.8) is 0 Å². The van der Waals surface area contributed by atoms with Crippen molar-refractivity contribution in [2.24, 2.45) is 0 Å². The summed E-state index contributed by atoms with van der Waals surface area (Å²) in [5, 5.41) is 9.86. The van der Waals surface area contributed by atoms with Gasteiger partial charge in [0, 0.05) is 19.3 Å². The van der Waals surface area contributed by atoms with Crippen LogP contribution in [0.15, 0.2) is 97.2 Å². The van der Waals surface area contributed by atoms with E-state index in [0.717, 1.165) is 135 Å². The molecular formula is C70H121O11P. The van der Waals surface area contributed by atoms with Gasteiger partial charge in [-0.2, -0.15) is 0 Å². The van der Waals surface area contributed by atoms with Gasteiger partial charge in [-0.3, -0.25) is 23.4 Å². The minimum atomic E-state index is -4.77. The van der Waals surface area contributed by atoms with E-state index >= 15 is 0 Å². The average Bonchev–Trinajstić information content (AvgIpc) is 3.47. The van der Waals surface area contributed by atoms with Crippen molar-refractivity contribution in [2.75, 3.05) is 26.4 Å². The Kier molecular flexibility index (Phi) is 60.6. The third-order valence-corrected chi connectivity index (χ3v) is 14.9. The number of carbonyl (C=O) groups is 3. The quantitative estimate of drug-likeness (QED) is 0.0197. The molecule has 0 amide bonds. The molecule has 11 nitrogen and oxygen atoms in total. The number of esters is 3. The standard InChI is InChI=1S/C70H121O11P/c1-4-7-10-13-16-19-22-25-28-31-33-36-38-41-44-47-50-53-56-59-68(72)77-63-67(81-70(74)61-58-55-52-49-46-43-40-37-34-32-29-26-23-20-17-14-11-8-5-2)65-79-82(75,76)78-64-66(62-71)80-69(73)60-57-54-51-48-45-42-39-35-30-27-24-21-18-15-12-9-6-3/h7,9-10,12,16,18-19,21,25-30,33,36,66-67,71H,4-6,8,11,13-15,17,20,22-24,31-32,34-35,37-65H2,1-3H3,(H,75,76)/b10-7-,12-9-,19-16-,21-18-,28-25-,29-26-,30-27-,36-33-. The van der Waals surface area contributed by atoms with E-state index in [9.17, 15) is 28.9 Å². The summed E-state index contributed by atoms with van der Waals surface area (Å²) in [5.41, 5.74) is 0. The fraction of sp³-hybridized carbons (Fsp3) is 0.729. The topological polar surface area (TPSA) is 155 Å². The molecule has 0 aliphatic heterocycles. The number of rotatable bonds is 61. The number of phosphoric ester groups is 1. The maximum Gasteiger partial charge on any atom is 0.472 e. The second-order valence-corrected chi connectivity index (χ2v) is 23.3. The van der Waals surface area contributed by atoms with Crippen molar-refractivity contribution >= 4 is 25.7 Å². The van der Waals surface area contributed by atoms with E-state index in [0.29, 0.717) is 19.3 Å². The van der Waals surface area contributed by atoms with Gasteiger partial charge >= 0.3 is 25.7 Å². The Hall–Kier alpha value is -3.60. The number of hydrogen-bond acceptors (Lipinski definition) is 10. The average molecular weight is 1170 g/mol. The summed E-state index contributed by atoms with van der Waals surface area (Å²) in [6.45, 7) is 4.43. The van der Waals surface area contributed by atoms with E-state index < -0.39 is 57.8 Å². The Bertz CT molecular complexity index is 1750. The molecule has 472 valence electrons. The number of ether oxygens (including phenoxy) is 3. The first-order chi connectivity index (χ1) is 40.2. The molecule has 0 aromatic carbocycles. The molecule has 0 radical (unpaired) electrons. The van der Waals surface area contributed by atoms with Crippen molar-refractivity contribution in [1.29, 1.82) is 0 Å². The van der Waals surface area contributed by atoms with Gasteiger partial charge in [0.15, 0.2) is 6.10 Å². The zero-order valence-corrected chi connectivity index (χ0v) is 53.3. The molecule has 0 aromatic rings. The molecule has 0 spiro atoms. The summed E-state index contributed by atoms with van der Waals surface area (Å²) in [4.78, 5) is 48.8. The number of hydrogen-bond donors (Lipinski definition) is 2. The van der Waals surface area contributed by atoms with Crippen LogP contribution in [-0.2, 0) is 42.2 Å². The van der Waals surface area contributed by atoms with Gasteiger partial charge in [0.2, 0.25) is 0 Å². The Morgan fingerprint density at radius 3 is 0.988 bits per heavy atom. The SMILES string of the molecule is CC/C=C\C/C=C\C/C=C\C/C=C\CCCCCCCCC(=O)OCC(COP(=O)(O)OCC(CO)OC(=O)CCCCCCCCC/C=C\C/C=C\C/C=C\CC)OC(=O)CCCCCCCCCCC/C=C\CCCCCCCC. The number of carbonyl (C=O) groups excluding carboxylic acids is 3. The molecule has 0 bridgehead atoms. The lowest BCUT2D eigenvalue weighted by atomic mass is 10.1. The predicted molar refractivity (Wildman–Crippen MR) is 344 cm³/mol. The lowest BCUT2D eigenvalue weighted by molar-refractivity contribution is -0.161. The maximum absolute atomic E-state index is 13.0. The molecule has 0 fully saturated rings. The zero-order chi connectivity index (χ0) is 59.8. The third-order valence-electron chi connectivity index (χ3n) is 14.0. The molecule has 3 atom stereocenters. The zero-order valence-electron chi connectivity index (χ0n) is 52.4. The summed E-state index contributed by atoms with van der Waals surface area (Å²) in [7, 11) is -4.77. The van der Waals surface area contributed by atoms with Gasteiger partial charge in [0.05, 0.1) is 19.8 Å². The van der Waals surface area contributed by atoms with Crippen molar-refractivity contribution in [3.05, 3.63) is 97.2 Å². The van der Waals surface area contributed by atoms with Gasteiger partial charge < -0.3 is 24.2 Å². The lowest BCUT2D eigenvalue weighted by Gasteiger charge is -2.21. The Balaban J connectivity index is 4.73. The van der Waals surface area contributed by atoms with E-state index in [4.69, 9.17) is 23.3 Å². The molecule has 0 rings (SSSR count). The summed E-state index contributed by atoms with van der Waals surface area (Å²) in [6, 6.07) is 0. The van der Waals surface area contributed by atoms with Gasteiger partial charge in [0.1, 0.15) is 12.7 Å². The number of unbranched alkanes of at least 4 members (excludes halogenated alkanes) is 28. The van der Waals surface area contributed by atoms with Gasteiger partial charge in [-0.25, -0.2) is 4.57 Å². The highest BCUT2D eigenvalue weighted by Crippen LogP contribution is 2.43. The van der Waals surface area contributed by atoms with Crippen LogP contribution in [0.4, 0.5) is 0 Å². The monoisotopic (exact) mass is 1170 g/mol. The van der Waals surface area contributed by atoms with Crippen LogP contribution in [0.25, 0.3) is 0 Å². The van der Waals surface area contributed by atoms with Crippen LogP contribution < -0.4 is 0 Å². The molecule has 12 heteroatoms. The van der Waals surface area contributed by atoms with Crippen LogP contribution in [0, 0.1) is 0 Å². The van der Waals surface area contributed by atoms with Crippen LogP contribution in [0.3, 0.4) is 0 Å². The summed E-state index contributed by atoms with van der Waals surface area (Å²) in [5.74, 6) is -1.49. The summed E-state index contributed by atoms with van der Waals surface area (Å²) in [6.07, 6.45) is 76.4. The molecular weight excluding hydrogens is 1050 g/mol. The van der Waals surface area contributed by atoms with Crippen molar-refractivity contribution in [1.82, 2.24) is 0 Å². The Morgan fingerprint density at radius 2 is 0.634 bits per heavy atom. The van der Waals surface area contributed by atoms with E-state index in [1.165, 1.54) is 96.3 Å². The first-order valence-corrected chi connectivity index (χ1v) is 34.6. The lowest BCUT2D eigenvalue weighted by Crippen LogP contribution is -2.30. The second-order valence-electron chi connectivity index (χ2n) is 21.9. The van der Waals surface area contributed by atoms with Crippen LogP contribution >= 0.6 is 7.82 Å². The Morgan fingerprint density at radius 1 is 0.354 bits per heavy atom. The first-order valence-electron chi connectivity index (χ1n) is 33.1. The summed E-state index contributed by atoms with van der Waals surface area (Å²) < 4.78 is 39.7. The molecule has 2 N–H and O–H groups in total. The van der Waals surface area contributed by atoms with Gasteiger partial charge in [0.25, 0.3) is 0 Å². The van der Waals surface area contributed by atoms with Gasteiger partial charge in [-0.1, -0.05) is 253 Å². The van der Waals surface area contributed by atoms with E-state index in [2.05, 4.69) is 118 Å². The number of aliphatic hydroxyl groups excluding tert-OH is 1. The fourth-order valence-electron chi connectivity index (χ4n) is 9.01. The minimum Gasteiger partial charge on any atom is -0.462 e. The van der Waals surface area contributed by atoms with Crippen molar-refractivity contribution in [3.8, 4) is 0 Å². The van der Waals surface area contributed by atoms with Crippen LogP contribution in [0.1, 0.15) is 290 Å². The largest absolute Gasteiger partial charge is 0.472 e. The predicted octanol–water partition coefficient (Wildman–Crippen LogP) is 20.4. The van der Waals surface area contributed by atoms with Gasteiger partial charge in [-0.05, 0) is 116 Å².